The van der Waals surface area contributed by atoms with Crippen molar-refractivity contribution in [3.05, 3.63) is 66.4 Å². The monoisotopic (exact) mass is 492 g/mol. The standard InChI is InChI=1S/C26H28N4O4S/c31-24(18-19-4-1-5-19)29-14-16-30(17-15-29)26(32)21-9-11-22(12-10-21)28-35(33,34)23-8-2-6-20-7-3-13-27-25(20)23/h2-3,6-13,19,28H,1,4-5,14-18H2. The highest BCUT2D eigenvalue weighted by Crippen LogP contribution is 2.30. The number of carbonyl (C=O) groups excluding carboxylic acids is 2. The van der Waals surface area contributed by atoms with E-state index < -0.39 is 10.0 Å². The Hall–Kier alpha value is -3.46. The van der Waals surface area contributed by atoms with Gasteiger partial charge in [0.15, 0.2) is 0 Å². The van der Waals surface area contributed by atoms with Crippen LogP contribution in [0.3, 0.4) is 0 Å². The third kappa shape index (κ3) is 5.00. The zero-order chi connectivity index (χ0) is 24.4. The molecule has 5 rings (SSSR count). The van der Waals surface area contributed by atoms with Crippen molar-refractivity contribution in [3.8, 4) is 0 Å². The zero-order valence-electron chi connectivity index (χ0n) is 19.4. The first-order valence-electron chi connectivity index (χ1n) is 11.9. The molecule has 2 aliphatic rings. The number of carbonyl (C=O) groups is 2. The van der Waals surface area contributed by atoms with E-state index in [4.69, 9.17) is 0 Å². The molecule has 8 nitrogen and oxygen atoms in total. The fourth-order valence-electron chi connectivity index (χ4n) is 4.60. The van der Waals surface area contributed by atoms with Crippen molar-refractivity contribution in [1.82, 2.24) is 14.8 Å². The largest absolute Gasteiger partial charge is 0.339 e. The number of hydrogen-bond acceptors (Lipinski definition) is 5. The van der Waals surface area contributed by atoms with Gasteiger partial charge in [-0.25, -0.2) is 8.42 Å². The summed E-state index contributed by atoms with van der Waals surface area (Å²) in [4.78, 5) is 33.3. The number of amides is 2. The van der Waals surface area contributed by atoms with Gasteiger partial charge in [-0.05, 0) is 55.2 Å². The third-order valence-electron chi connectivity index (χ3n) is 6.88. The summed E-state index contributed by atoms with van der Waals surface area (Å²) >= 11 is 0. The SMILES string of the molecule is O=C(CC1CCC1)N1CCN(C(=O)c2ccc(NS(=O)(=O)c3cccc4cccnc34)cc2)CC1. The van der Waals surface area contributed by atoms with Gasteiger partial charge in [0.05, 0.1) is 5.52 Å². The van der Waals surface area contributed by atoms with Crippen molar-refractivity contribution in [1.29, 1.82) is 0 Å². The van der Waals surface area contributed by atoms with E-state index in [9.17, 15) is 18.0 Å². The van der Waals surface area contributed by atoms with E-state index in [-0.39, 0.29) is 16.7 Å². The number of anilines is 1. The molecule has 3 aromatic rings. The number of fused-ring (bicyclic) bond motifs is 1. The molecule has 182 valence electrons. The molecule has 1 aliphatic heterocycles. The summed E-state index contributed by atoms with van der Waals surface area (Å²) in [5, 5.41) is 0.737. The number of nitrogens with one attached hydrogen (secondary N) is 1. The molecule has 0 unspecified atom stereocenters. The van der Waals surface area contributed by atoms with E-state index >= 15 is 0 Å². The van der Waals surface area contributed by atoms with Gasteiger partial charge in [-0.3, -0.25) is 19.3 Å². The molecule has 2 aromatic carbocycles. The van der Waals surface area contributed by atoms with Gasteiger partial charge in [-0.15, -0.1) is 0 Å². The quantitative estimate of drug-likeness (QED) is 0.568. The first-order valence-corrected chi connectivity index (χ1v) is 13.4. The Bertz CT molecular complexity index is 1340. The highest BCUT2D eigenvalue weighted by atomic mass is 32.2. The molecule has 0 atom stereocenters. The maximum absolute atomic E-state index is 13.0. The van der Waals surface area contributed by atoms with Crippen LogP contribution in [0.1, 0.15) is 36.0 Å². The second kappa shape index (κ2) is 9.65. The van der Waals surface area contributed by atoms with Crippen LogP contribution in [0.2, 0.25) is 0 Å². The highest BCUT2D eigenvalue weighted by Gasteiger charge is 2.28. The molecule has 2 heterocycles. The van der Waals surface area contributed by atoms with Gasteiger partial charge in [0.2, 0.25) is 5.91 Å². The zero-order valence-corrected chi connectivity index (χ0v) is 20.2. The molecule has 1 N–H and O–H groups in total. The predicted molar refractivity (Wildman–Crippen MR) is 133 cm³/mol. The Kier molecular flexibility index (Phi) is 6.42. The number of nitrogens with zero attached hydrogens (tertiary/aromatic N) is 3. The second-order valence-corrected chi connectivity index (χ2v) is 10.8. The molecular weight excluding hydrogens is 464 g/mol. The minimum Gasteiger partial charge on any atom is -0.339 e. The summed E-state index contributed by atoms with van der Waals surface area (Å²) < 4.78 is 28.6. The van der Waals surface area contributed by atoms with E-state index in [1.54, 1.807) is 47.5 Å². The van der Waals surface area contributed by atoms with Gasteiger partial charge in [0, 0.05) is 55.4 Å². The Morgan fingerprint density at radius 3 is 2.29 bits per heavy atom. The van der Waals surface area contributed by atoms with Crippen molar-refractivity contribution in [2.24, 2.45) is 5.92 Å². The van der Waals surface area contributed by atoms with Crippen LogP contribution in [-0.2, 0) is 14.8 Å². The van der Waals surface area contributed by atoms with Gasteiger partial charge in [0.25, 0.3) is 15.9 Å². The number of para-hydroxylation sites is 1. The number of hydrogen-bond donors (Lipinski definition) is 1. The van der Waals surface area contributed by atoms with E-state index in [2.05, 4.69) is 9.71 Å². The van der Waals surface area contributed by atoms with Crippen LogP contribution in [0.25, 0.3) is 10.9 Å². The fraction of sp³-hybridized carbons (Fsp3) is 0.346. The minimum atomic E-state index is -3.86. The van der Waals surface area contributed by atoms with Crippen LogP contribution in [0, 0.1) is 5.92 Å². The maximum Gasteiger partial charge on any atom is 0.264 e. The lowest BCUT2D eigenvalue weighted by Gasteiger charge is -2.36. The van der Waals surface area contributed by atoms with Crippen molar-refractivity contribution >= 4 is 38.4 Å². The number of piperazine rings is 1. The molecule has 1 aromatic heterocycles. The second-order valence-electron chi connectivity index (χ2n) is 9.19. The lowest BCUT2D eigenvalue weighted by Crippen LogP contribution is -2.51. The Morgan fingerprint density at radius 2 is 1.60 bits per heavy atom. The molecule has 1 saturated carbocycles. The molecule has 1 saturated heterocycles. The summed E-state index contributed by atoms with van der Waals surface area (Å²) in [5.41, 5.74) is 1.24. The third-order valence-corrected chi connectivity index (χ3v) is 8.29. The topological polar surface area (TPSA) is 99.7 Å². The maximum atomic E-state index is 13.0. The summed E-state index contributed by atoms with van der Waals surface area (Å²) in [7, 11) is -3.86. The van der Waals surface area contributed by atoms with Crippen LogP contribution in [0.15, 0.2) is 65.7 Å². The molecule has 0 radical (unpaired) electrons. The van der Waals surface area contributed by atoms with E-state index in [1.165, 1.54) is 12.5 Å². The highest BCUT2D eigenvalue weighted by molar-refractivity contribution is 7.93. The molecular formula is C26H28N4O4S. The van der Waals surface area contributed by atoms with Gasteiger partial charge < -0.3 is 9.80 Å². The van der Waals surface area contributed by atoms with Crippen molar-refractivity contribution in [2.45, 2.75) is 30.6 Å². The number of rotatable bonds is 6. The molecule has 2 fully saturated rings. The molecule has 9 heteroatoms. The van der Waals surface area contributed by atoms with Crippen LogP contribution >= 0.6 is 0 Å². The summed E-state index contributed by atoms with van der Waals surface area (Å²) in [6.45, 7) is 2.10. The lowest BCUT2D eigenvalue weighted by atomic mass is 9.82. The van der Waals surface area contributed by atoms with Gasteiger partial charge in [-0.2, -0.15) is 0 Å². The Labute approximate surface area is 205 Å². The summed E-state index contributed by atoms with van der Waals surface area (Å²) in [6.07, 6.45) is 5.71. The molecule has 0 bridgehead atoms. The average molecular weight is 493 g/mol. The summed E-state index contributed by atoms with van der Waals surface area (Å²) in [6, 6.07) is 15.0. The summed E-state index contributed by atoms with van der Waals surface area (Å²) in [5.74, 6) is 0.610. The van der Waals surface area contributed by atoms with Gasteiger partial charge in [0.1, 0.15) is 4.90 Å². The number of benzene rings is 2. The average Bonchev–Trinajstić information content (AvgIpc) is 2.85. The van der Waals surface area contributed by atoms with E-state index in [0.717, 1.165) is 18.2 Å². The van der Waals surface area contributed by atoms with Gasteiger partial charge in [-0.1, -0.05) is 24.6 Å². The number of aromatic nitrogens is 1. The fourth-order valence-corrected chi connectivity index (χ4v) is 5.84. The van der Waals surface area contributed by atoms with E-state index in [0.29, 0.717) is 55.3 Å². The number of sulfonamides is 1. The normalized spacial score (nSPS) is 16.7. The predicted octanol–water partition coefficient (Wildman–Crippen LogP) is 3.51. The first kappa shape index (κ1) is 23.3. The lowest BCUT2D eigenvalue weighted by molar-refractivity contribution is -0.134. The first-order chi connectivity index (χ1) is 16.9. The molecule has 0 spiro atoms. The van der Waals surface area contributed by atoms with Crippen molar-refractivity contribution in [2.75, 3.05) is 30.9 Å². The van der Waals surface area contributed by atoms with Crippen LogP contribution in [0.5, 0.6) is 0 Å². The minimum absolute atomic E-state index is 0.0977. The van der Waals surface area contributed by atoms with Crippen LogP contribution in [0.4, 0.5) is 5.69 Å². The van der Waals surface area contributed by atoms with Crippen LogP contribution in [-0.4, -0.2) is 61.2 Å². The Balaban J connectivity index is 1.21. The van der Waals surface area contributed by atoms with Crippen LogP contribution < -0.4 is 4.72 Å². The van der Waals surface area contributed by atoms with Crippen molar-refractivity contribution in [3.63, 3.8) is 0 Å². The van der Waals surface area contributed by atoms with E-state index in [1.807, 2.05) is 17.0 Å². The Morgan fingerprint density at radius 1 is 0.914 bits per heavy atom. The number of pyridine rings is 1. The van der Waals surface area contributed by atoms with Gasteiger partial charge >= 0.3 is 0 Å². The molecule has 35 heavy (non-hydrogen) atoms. The molecule has 1 aliphatic carbocycles. The van der Waals surface area contributed by atoms with Crippen molar-refractivity contribution < 1.29 is 18.0 Å². The molecule has 2 amide bonds. The smallest absolute Gasteiger partial charge is 0.264 e.